The zero-order chi connectivity index (χ0) is 61.9. The highest BCUT2D eigenvalue weighted by Gasteiger charge is 2.56. The molecule has 0 saturated heterocycles. The first kappa shape index (κ1) is 52.6. The van der Waals surface area contributed by atoms with Crippen LogP contribution in [0.1, 0.15) is 33.4 Å². The van der Waals surface area contributed by atoms with Crippen LogP contribution in [-0.2, 0) is 5.41 Å². The van der Waals surface area contributed by atoms with E-state index in [1.807, 2.05) is 0 Å². The van der Waals surface area contributed by atoms with Crippen LogP contribution in [-0.4, -0.2) is 0 Å². The largest absolute Gasteiger partial charge is 0.455 e. The molecule has 15 aromatic carbocycles. The minimum atomic E-state index is -0.989. The van der Waals surface area contributed by atoms with Crippen LogP contribution in [0.15, 0.2) is 317 Å². The van der Waals surface area contributed by atoms with E-state index in [0.29, 0.717) is 0 Å². The first-order chi connectivity index (χ1) is 46.4. The van der Waals surface area contributed by atoms with Crippen molar-refractivity contribution in [1.29, 1.82) is 0 Å². The van der Waals surface area contributed by atoms with E-state index in [2.05, 4.69) is 327 Å². The molecule has 0 radical (unpaired) electrons. The van der Waals surface area contributed by atoms with E-state index in [4.69, 9.17) is 13.3 Å². The number of aryl methyl sites for hydroxylation is 2. The maximum absolute atomic E-state index is 7.69. The third kappa shape index (κ3) is 7.40. The monoisotopic (exact) mass is 1200 g/mol. The summed E-state index contributed by atoms with van der Waals surface area (Å²) in [6.07, 6.45) is 0. The molecule has 0 unspecified atom stereocenters. The fourth-order valence-electron chi connectivity index (χ4n) is 16.3. The molecular weight excluding hydrogens is 1140 g/mol. The molecule has 440 valence electrons. The van der Waals surface area contributed by atoms with Gasteiger partial charge < -0.3 is 23.1 Å². The van der Waals surface area contributed by atoms with Gasteiger partial charge in [-0.25, -0.2) is 0 Å². The highest BCUT2D eigenvalue weighted by molar-refractivity contribution is 6.26. The second-order valence-corrected chi connectivity index (χ2v) is 25.5. The lowest BCUT2D eigenvalue weighted by molar-refractivity contribution is 0.665. The Morgan fingerprint density at radius 3 is 1.22 bits per heavy atom. The van der Waals surface area contributed by atoms with Gasteiger partial charge in [0.05, 0.1) is 27.6 Å². The summed E-state index contributed by atoms with van der Waals surface area (Å²) < 4.78 is 22.6. The molecule has 0 fully saturated rings. The first-order valence-electron chi connectivity index (χ1n) is 32.4. The summed E-state index contributed by atoms with van der Waals surface area (Å²) in [6.45, 7) is 4.45. The van der Waals surface area contributed by atoms with E-state index in [-0.39, 0.29) is 0 Å². The summed E-state index contributed by atoms with van der Waals surface area (Å²) in [4.78, 5) is 4.99. The van der Waals surface area contributed by atoms with Crippen molar-refractivity contribution in [1.82, 2.24) is 0 Å². The summed E-state index contributed by atoms with van der Waals surface area (Å²) in [6, 6.07) is 111. The molecule has 94 heavy (non-hydrogen) atoms. The van der Waals surface area contributed by atoms with Crippen LogP contribution in [0.4, 0.5) is 34.1 Å². The lowest BCUT2D eigenvalue weighted by Gasteiger charge is -2.34. The molecule has 18 aromatic rings. The number of fused-ring (bicyclic) bond motifs is 24. The molecule has 0 bridgehead atoms. The Balaban J connectivity index is 0.939. The predicted molar refractivity (Wildman–Crippen MR) is 389 cm³/mol. The third-order valence-electron chi connectivity index (χ3n) is 20.4. The summed E-state index contributed by atoms with van der Waals surface area (Å²) in [5.74, 6) is 0. The fraction of sp³-hybridized carbons (Fsp3) is 0.0337. The second-order valence-electron chi connectivity index (χ2n) is 25.5. The number of para-hydroxylation sites is 5. The van der Waals surface area contributed by atoms with Crippen molar-refractivity contribution in [2.45, 2.75) is 19.3 Å². The van der Waals surface area contributed by atoms with Crippen molar-refractivity contribution in [3.8, 4) is 44.5 Å². The Hall–Kier alpha value is -12.2. The van der Waals surface area contributed by atoms with Gasteiger partial charge >= 0.3 is 0 Å². The van der Waals surface area contributed by atoms with Crippen molar-refractivity contribution in [3.05, 3.63) is 337 Å². The Morgan fingerprint density at radius 1 is 0.266 bits per heavy atom. The summed E-state index contributed by atoms with van der Waals surface area (Å²) >= 11 is 0. The van der Waals surface area contributed by atoms with Gasteiger partial charge in [0.15, 0.2) is 0 Å². The van der Waals surface area contributed by atoms with Gasteiger partial charge in [0.2, 0.25) is 0 Å². The van der Waals surface area contributed by atoms with Crippen molar-refractivity contribution < 1.29 is 13.3 Å². The van der Waals surface area contributed by atoms with Crippen LogP contribution < -0.4 is 9.80 Å². The standard InChI is InChI=1S/C89H56N2O3/c1-53-21-9-16-32-74(53)90(63-43-41-59-47-57(37-39-61(59)49-63)55-23-5-3-6-24-55)76-51-72-84(87-82(76)68-29-13-19-35-79(68)93-87)85-73(89(72)70-31-15-11-28-67(70)81-71(89)46-45-66-65-27-12-18-34-78(65)92-86(66)81)52-77(83-69-30-14-20-36-80(69)94-88(83)85)91(75-33-17-10-22-54(75)2)64-44-42-60-48-58(38-40-62(60)50-64)56-25-7-4-8-26-56/h3-52H,1-2H3. The molecule has 20 rings (SSSR count). The molecule has 3 aromatic heterocycles. The molecule has 0 aliphatic heterocycles. The van der Waals surface area contributed by atoms with Crippen LogP contribution in [0.3, 0.4) is 0 Å². The average Bonchev–Trinajstić information content (AvgIpc) is 1.48. The molecule has 0 atom stereocenters. The van der Waals surface area contributed by atoms with Crippen LogP contribution in [0.5, 0.6) is 0 Å². The maximum atomic E-state index is 7.69. The minimum absolute atomic E-state index is 0.795. The molecule has 3 heterocycles. The molecule has 5 nitrogen and oxygen atoms in total. The molecule has 5 heteroatoms. The van der Waals surface area contributed by atoms with E-state index < -0.39 is 5.41 Å². The Bertz CT molecular complexity index is 5930. The van der Waals surface area contributed by atoms with Gasteiger partial charge in [-0.15, -0.1) is 0 Å². The zero-order valence-electron chi connectivity index (χ0n) is 51.5. The van der Waals surface area contributed by atoms with E-state index in [1.54, 1.807) is 0 Å². The fourth-order valence-corrected chi connectivity index (χ4v) is 16.3. The summed E-state index contributed by atoms with van der Waals surface area (Å²) in [7, 11) is 0. The number of furan rings is 3. The van der Waals surface area contributed by atoms with Gasteiger partial charge in [0.25, 0.3) is 0 Å². The number of anilines is 6. The highest BCUT2D eigenvalue weighted by atomic mass is 16.3. The lowest BCUT2D eigenvalue weighted by Crippen LogP contribution is -2.27. The molecule has 0 amide bonds. The van der Waals surface area contributed by atoms with Crippen molar-refractivity contribution in [2.75, 3.05) is 9.80 Å². The van der Waals surface area contributed by atoms with Crippen molar-refractivity contribution in [2.24, 2.45) is 0 Å². The molecular formula is C89H56N2O3. The molecule has 0 saturated carbocycles. The first-order valence-corrected chi connectivity index (χ1v) is 32.4. The number of hydrogen-bond acceptors (Lipinski definition) is 5. The Morgan fingerprint density at radius 2 is 0.691 bits per heavy atom. The van der Waals surface area contributed by atoms with E-state index >= 15 is 0 Å². The van der Waals surface area contributed by atoms with Crippen molar-refractivity contribution >= 4 is 121 Å². The zero-order valence-corrected chi connectivity index (χ0v) is 51.5. The smallest absolute Gasteiger partial charge is 0.145 e. The molecule has 0 N–H and O–H groups in total. The van der Waals surface area contributed by atoms with Crippen LogP contribution in [0.25, 0.3) is 132 Å². The normalized spacial score (nSPS) is 12.9. The average molecular weight is 1200 g/mol. The lowest BCUT2D eigenvalue weighted by atomic mass is 9.70. The maximum Gasteiger partial charge on any atom is 0.145 e. The number of hydrogen-bond donors (Lipinski definition) is 0. The second kappa shape index (κ2) is 19.9. The molecule has 2 aliphatic rings. The highest BCUT2D eigenvalue weighted by Crippen LogP contribution is 2.69. The van der Waals surface area contributed by atoms with E-state index in [9.17, 15) is 0 Å². The molecule has 1 spiro atoms. The summed E-state index contributed by atoms with van der Waals surface area (Å²) in [5, 5.41) is 10.9. The van der Waals surface area contributed by atoms with E-state index in [0.717, 1.165) is 166 Å². The van der Waals surface area contributed by atoms with Gasteiger partial charge in [-0.05, 0) is 175 Å². The quantitative estimate of drug-likeness (QED) is 0.152. The van der Waals surface area contributed by atoms with Gasteiger partial charge in [0, 0.05) is 61.0 Å². The Kier molecular flexibility index (Phi) is 11.1. The van der Waals surface area contributed by atoms with Crippen LogP contribution in [0.2, 0.25) is 0 Å². The van der Waals surface area contributed by atoms with Gasteiger partial charge in [-0.2, -0.15) is 0 Å². The summed E-state index contributed by atoms with van der Waals surface area (Å²) in [5.41, 5.74) is 25.9. The topological polar surface area (TPSA) is 45.9 Å². The SMILES string of the molecule is Cc1ccccc1N(c1ccc2cc(-c3ccccc3)ccc2c1)c1cc2c(c3oc4ccccc4c13)-c1c(cc(N(c3ccc4cc(-c5ccccc5)ccc4c3)c3ccccc3C)c3c1oc1ccccc13)C21c2ccccc2-c2c1ccc1c2oc2ccccc21. The van der Waals surface area contributed by atoms with Gasteiger partial charge in [-0.3, -0.25) is 0 Å². The molecule has 2 aliphatic carbocycles. The number of nitrogens with zero attached hydrogens (tertiary/aromatic N) is 2. The van der Waals surface area contributed by atoms with Gasteiger partial charge in [-0.1, -0.05) is 224 Å². The van der Waals surface area contributed by atoms with Crippen molar-refractivity contribution in [3.63, 3.8) is 0 Å². The minimum Gasteiger partial charge on any atom is -0.455 e. The van der Waals surface area contributed by atoms with Crippen LogP contribution >= 0.6 is 0 Å². The van der Waals surface area contributed by atoms with E-state index in [1.165, 1.54) is 33.0 Å². The number of rotatable bonds is 8. The third-order valence-corrected chi connectivity index (χ3v) is 20.4. The Labute approximate surface area is 541 Å². The predicted octanol–water partition coefficient (Wildman–Crippen LogP) is 24.9. The number of benzene rings is 15. The van der Waals surface area contributed by atoms with Gasteiger partial charge in [0.1, 0.15) is 33.5 Å². The van der Waals surface area contributed by atoms with Crippen LogP contribution in [0, 0.1) is 13.8 Å².